The Labute approximate surface area is 115 Å². The van der Waals surface area contributed by atoms with Gasteiger partial charge in [-0.05, 0) is 35.6 Å². The van der Waals surface area contributed by atoms with E-state index in [1.807, 2.05) is 12.1 Å². The minimum absolute atomic E-state index is 0.100. The molecule has 0 N–H and O–H groups in total. The second kappa shape index (κ2) is 6.13. The van der Waals surface area contributed by atoms with Gasteiger partial charge in [-0.15, -0.1) is 23.2 Å². The number of ether oxygens (including phenoxy) is 1. The fourth-order valence-electron chi connectivity index (χ4n) is 1.48. The zero-order valence-corrected chi connectivity index (χ0v) is 12.5. The Kier molecular flexibility index (Phi) is 5.42. The smallest absolute Gasteiger partial charge is 0.122 e. The van der Waals surface area contributed by atoms with Crippen LogP contribution in [0.15, 0.2) is 22.7 Å². The van der Waals surface area contributed by atoms with Crippen LogP contribution in [0.2, 0.25) is 0 Å². The Morgan fingerprint density at radius 3 is 2.44 bits per heavy atom. The normalized spacial score (nSPS) is 11.6. The molecule has 0 aromatic heterocycles. The quantitative estimate of drug-likeness (QED) is 0.725. The Morgan fingerprint density at radius 1 is 1.31 bits per heavy atom. The van der Waals surface area contributed by atoms with E-state index < -0.39 is 0 Å². The molecule has 0 saturated carbocycles. The van der Waals surface area contributed by atoms with Crippen LogP contribution in [0, 0.1) is 5.41 Å². The highest BCUT2D eigenvalue weighted by molar-refractivity contribution is 9.10. The number of benzene rings is 1. The number of hydrogen-bond donors (Lipinski definition) is 0. The van der Waals surface area contributed by atoms with Crippen LogP contribution < -0.4 is 4.74 Å². The summed E-state index contributed by atoms with van der Waals surface area (Å²) in [6, 6.07) is 5.96. The van der Waals surface area contributed by atoms with E-state index in [0.29, 0.717) is 11.8 Å². The average molecular weight is 326 g/mol. The molecule has 0 saturated heterocycles. The molecule has 16 heavy (non-hydrogen) atoms. The molecule has 0 unspecified atom stereocenters. The van der Waals surface area contributed by atoms with E-state index in [1.165, 1.54) is 0 Å². The highest BCUT2D eigenvalue weighted by Gasteiger charge is 2.24. The first-order chi connectivity index (χ1) is 7.54. The molecular weight excluding hydrogens is 311 g/mol. The predicted molar refractivity (Wildman–Crippen MR) is 73.9 cm³/mol. The standard InChI is InChI=1S/C12H15BrCl2O/c1-12(7-14,8-15)6-9-5-10(13)3-4-11(9)16-2/h3-5H,6-8H2,1-2H3. The number of alkyl halides is 2. The van der Waals surface area contributed by atoms with Crippen LogP contribution in [-0.2, 0) is 6.42 Å². The van der Waals surface area contributed by atoms with Crippen LogP contribution in [0.4, 0.5) is 0 Å². The lowest BCUT2D eigenvalue weighted by Crippen LogP contribution is -2.24. The van der Waals surface area contributed by atoms with Gasteiger partial charge in [0.25, 0.3) is 0 Å². The molecule has 1 aromatic rings. The van der Waals surface area contributed by atoms with Gasteiger partial charge in [-0.3, -0.25) is 0 Å². The largest absolute Gasteiger partial charge is 0.496 e. The third-order valence-electron chi connectivity index (χ3n) is 2.50. The third kappa shape index (κ3) is 3.54. The van der Waals surface area contributed by atoms with Crippen molar-refractivity contribution in [1.82, 2.24) is 0 Å². The number of rotatable bonds is 5. The monoisotopic (exact) mass is 324 g/mol. The van der Waals surface area contributed by atoms with Crippen LogP contribution in [0.25, 0.3) is 0 Å². The van der Waals surface area contributed by atoms with Crippen molar-refractivity contribution in [3.8, 4) is 5.75 Å². The minimum atomic E-state index is -0.100. The van der Waals surface area contributed by atoms with Crippen LogP contribution in [0.1, 0.15) is 12.5 Å². The van der Waals surface area contributed by atoms with Crippen molar-refractivity contribution in [2.24, 2.45) is 5.41 Å². The van der Waals surface area contributed by atoms with Gasteiger partial charge in [0.05, 0.1) is 7.11 Å². The fraction of sp³-hybridized carbons (Fsp3) is 0.500. The molecule has 0 atom stereocenters. The molecule has 0 aliphatic heterocycles. The minimum Gasteiger partial charge on any atom is -0.496 e. The summed E-state index contributed by atoms with van der Waals surface area (Å²) in [6.45, 7) is 2.08. The summed E-state index contributed by atoms with van der Waals surface area (Å²) in [5, 5.41) is 0. The highest BCUT2D eigenvalue weighted by atomic mass is 79.9. The SMILES string of the molecule is COc1ccc(Br)cc1CC(C)(CCl)CCl. The molecule has 0 bridgehead atoms. The Balaban J connectivity index is 2.98. The molecule has 0 amide bonds. The predicted octanol–water partition coefficient (Wildman–Crippen LogP) is 4.48. The summed E-state index contributed by atoms with van der Waals surface area (Å²) in [6.07, 6.45) is 0.808. The first-order valence-electron chi connectivity index (χ1n) is 4.99. The average Bonchev–Trinajstić information content (AvgIpc) is 2.29. The lowest BCUT2D eigenvalue weighted by Gasteiger charge is -2.25. The summed E-state index contributed by atoms with van der Waals surface area (Å²) in [5.74, 6) is 1.95. The van der Waals surface area contributed by atoms with Gasteiger partial charge in [0.2, 0.25) is 0 Å². The summed E-state index contributed by atoms with van der Waals surface area (Å²) in [7, 11) is 1.67. The molecule has 4 heteroatoms. The fourth-order valence-corrected chi connectivity index (χ4v) is 2.36. The number of methoxy groups -OCH3 is 1. The lowest BCUT2D eigenvalue weighted by atomic mass is 9.87. The molecular formula is C12H15BrCl2O. The summed E-state index contributed by atoms with van der Waals surface area (Å²) in [5.41, 5.74) is 1.03. The van der Waals surface area contributed by atoms with Gasteiger partial charge < -0.3 is 4.74 Å². The van der Waals surface area contributed by atoms with Crippen molar-refractivity contribution in [2.75, 3.05) is 18.9 Å². The van der Waals surface area contributed by atoms with E-state index in [0.717, 1.165) is 22.2 Å². The van der Waals surface area contributed by atoms with Gasteiger partial charge in [-0.2, -0.15) is 0 Å². The molecule has 0 spiro atoms. The maximum atomic E-state index is 5.96. The Hall–Kier alpha value is 0.0800. The first kappa shape index (κ1) is 14.1. The van der Waals surface area contributed by atoms with Gasteiger partial charge in [0.15, 0.2) is 0 Å². The van der Waals surface area contributed by atoms with E-state index in [4.69, 9.17) is 27.9 Å². The van der Waals surface area contributed by atoms with Gasteiger partial charge in [-0.1, -0.05) is 22.9 Å². The van der Waals surface area contributed by atoms with Crippen molar-refractivity contribution in [3.05, 3.63) is 28.2 Å². The molecule has 0 heterocycles. The summed E-state index contributed by atoms with van der Waals surface area (Å²) in [4.78, 5) is 0. The Morgan fingerprint density at radius 2 is 1.94 bits per heavy atom. The second-order valence-corrected chi connectivity index (χ2v) is 5.66. The number of halogens is 3. The lowest BCUT2D eigenvalue weighted by molar-refractivity contribution is 0.384. The first-order valence-corrected chi connectivity index (χ1v) is 6.85. The molecule has 0 aliphatic rings. The van der Waals surface area contributed by atoms with Crippen LogP contribution in [-0.4, -0.2) is 18.9 Å². The third-order valence-corrected chi connectivity index (χ3v) is 4.29. The maximum Gasteiger partial charge on any atom is 0.122 e. The maximum absolute atomic E-state index is 5.96. The molecule has 0 fully saturated rings. The van der Waals surface area contributed by atoms with Crippen molar-refractivity contribution < 1.29 is 4.74 Å². The van der Waals surface area contributed by atoms with Crippen LogP contribution in [0.5, 0.6) is 5.75 Å². The summed E-state index contributed by atoms with van der Waals surface area (Å²) < 4.78 is 6.37. The van der Waals surface area contributed by atoms with Crippen molar-refractivity contribution in [3.63, 3.8) is 0 Å². The van der Waals surface area contributed by atoms with Crippen LogP contribution >= 0.6 is 39.1 Å². The zero-order chi connectivity index (χ0) is 12.2. The van der Waals surface area contributed by atoms with Crippen molar-refractivity contribution >= 4 is 39.1 Å². The van der Waals surface area contributed by atoms with Crippen molar-refractivity contribution in [1.29, 1.82) is 0 Å². The molecule has 90 valence electrons. The Bertz CT molecular complexity index is 351. The van der Waals surface area contributed by atoms with E-state index in [1.54, 1.807) is 7.11 Å². The molecule has 1 rings (SSSR count). The second-order valence-electron chi connectivity index (χ2n) is 4.21. The van der Waals surface area contributed by atoms with E-state index in [9.17, 15) is 0 Å². The molecule has 0 radical (unpaired) electrons. The van der Waals surface area contributed by atoms with Gasteiger partial charge in [0, 0.05) is 16.2 Å². The number of hydrogen-bond acceptors (Lipinski definition) is 1. The van der Waals surface area contributed by atoms with E-state index >= 15 is 0 Å². The highest BCUT2D eigenvalue weighted by Crippen LogP contribution is 2.32. The van der Waals surface area contributed by atoms with E-state index in [-0.39, 0.29) is 5.41 Å². The molecule has 1 nitrogen and oxygen atoms in total. The zero-order valence-electron chi connectivity index (χ0n) is 9.40. The van der Waals surface area contributed by atoms with Crippen LogP contribution in [0.3, 0.4) is 0 Å². The van der Waals surface area contributed by atoms with Crippen molar-refractivity contribution in [2.45, 2.75) is 13.3 Å². The van der Waals surface area contributed by atoms with Gasteiger partial charge in [-0.25, -0.2) is 0 Å². The molecule has 1 aromatic carbocycles. The van der Waals surface area contributed by atoms with E-state index in [2.05, 4.69) is 28.9 Å². The topological polar surface area (TPSA) is 9.23 Å². The molecule has 0 aliphatic carbocycles. The van der Waals surface area contributed by atoms with Gasteiger partial charge in [0.1, 0.15) is 5.75 Å². The summed E-state index contributed by atoms with van der Waals surface area (Å²) >= 11 is 15.4. The van der Waals surface area contributed by atoms with Gasteiger partial charge >= 0.3 is 0 Å².